The summed E-state index contributed by atoms with van der Waals surface area (Å²) in [7, 11) is 2.18. The number of benzene rings is 1. The fourth-order valence-corrected chi connectivity index (χ4v) is 3.06. The van der Waals surface area contributed by atoms with Gasteiger partial charge in [-0.2, -0.15) is 0 Å². The number of hydrogen-bond donors (Lipinski definition) is 1. The van der Waals surface area contributed by atoms with Crippen LogP contribution in [0.3, 0.4) is 0 Å². The standard InChI is InChI=1S/C15H23ClN2/c1-10-4-6-12(7-5-10)18(3)15-9-13(16)14(17)8-11(15)2/h8-10,12H,4-7,17H2,1-3H3. The maximum atomic E-state index is 6.14. The smallest absolute Gasteiger partial charge is 0.0656 e. The van der Waals surface area contributed by atoms with Crippen LogP contribution in [0.1, 0.15) is 38.2 Å². The molecule has 0 heterocycles. The molecular weight excluding hydrogens is 244 g/mol. The molecule has 1 aliphatic carbocycles. The Morgan fingerprint density at radius 2 is 1.83 bits per heavy atom. The third-order valence-corrected chi connectivity index (χ3v) is 4.56. The van der Waals surface area contributed by atoms with Crippen LogP contribution in [-0.4, -0.2) is 13.1 Å². The zero-order chi connectivity index (χ0) is 13.3. The topological polar surface area (TPSA) is 29.3 Å². The van der Waals surface area contributed by atoms with Crippen molar-refractivity contribution in [2.24, 2.45) is 5.92 Å². The Labute approximate surface area is 115 Å². The number of aryl methyl sites for hydroxylation is 1. The van der Waals surface area contributed by atoms with Gasteiger partial charge in [-0.05, 0) is 56.2 Å². The predicted octanol–water partition coefficient (Wildman–Crippen LogP) is 4.25. The fourth-order valence-electron chi connectivity index (χ4n) is 2.90. The van der Waals surface area contributed by atoms with Crippen LogP contribution in [0, 0.1) is 12.8 Å². The minimum atomic E-state index is 0.639. The van der Waals surface area contributed by atoms with Crippen LogP contribution in [0.2, 0.25) is 5.02 Å². The predicted molar refractivity (Wildman–Crippen MR) is 80.4 cm³/mol. The van der Waals surface area contributed by atoms with Crippen LogP contribution in [0.4, 0.5) is 11.4 Å². The van der Waals surface area contributed by atoms with Crippen molar-refractivity contribution in [3.8, 4) is 0 Å². The maximum absolute atomic E-state index is 6.14. The molecule has 0 unspecified atom stereocenters. The van der Waals surface area contributed by atoms with Gasteiger partial charge in [0.25, 0.3) is 0 Å². The van der Waals surface area contributed by atoms with E-state index in [1.807, 2.05) is 12.1 Å². The highest BCUT2D eigenvalue weighted by Gasteiger charge is 2.23. The molecule has 100 valence electrons. The highest BCUT2D eigenvalue weighted by molar-refractivity contribution is 6.33. The van der Waals surface area contributed by atoms with Gasteiger partial charge in [0.15, 0.2) is 0 Å². The summed E-state index contributed by atoms with van der Waals surface area (Å²) >= 11 is 6.14. The summed E-state index contributed by atoms with van der Waals surface area (Å²) < 4.78 is 0. The Hall–Kier alpha value is -0.890. The Balaban J connectivity index is 2.18. The van der Waals surface area contributed by atoms with Crippen molar-refractivity contribution in [1.82, 2.24) is 0 Å². The molecule has 3 heteroatoms. The highest BCUT2D eigenvalue weighted by Crippen LogP contribution is 2.34. The zero-order valence-electron chi connectivity index (χ0n) is 11.5. The normalized spacial score (nSPS) is 24.0. The number of rotatable bonds is 2. The van der Waals surface area contributed by atoms with Crippen molar-refractivity contribution in [2.45, 2.75) is 45.6 Å². The molecule has 2 rings (SSSR count). The summed E-state index contributed by atoms with van der Waals surface area (Å²) in [5.74, 6) is 0.880. The second kappa shape index (κ2) is 5.40. The third-order valence-electron chi connectivity index (χ3n) is 4.23. The van der Waals surface area contributed by atoms with Crippen LogP contribution in [-0.2, 0) is 0 Å². The average molecular weight is 267 g/mol. The molecule has 1 fully saturated rings. The van der Waals surface area contributed by atoms with Gasteiger partial charge >= 0.3 is 0 Å². The van der Waals surface area contributed by atoms with Crippen LogP contribution >= 0.6 is 11.6 Å². The fraction of sp³-hybridized carbons (Fsp3) is 0.600. The van der Waals surface area contributed by atoms with Gasteiger partial charge in [0, 0.05) is 18.8 Å². The Morgan fingerprint density at radius 1 is 1.22 bits per heavy atom. The minimum absolute atomic E-state index is 0.639. The first kappa shape index (κ1) is 13.5. The van der Waals surface area contributed by atoms with Crippen LogP contribution in [0.15, 0.2) is 12.1 Å². The molecular formula is C15H23ClN2. The molecule has 1 aromatic carbocycles. The molecule has 0 aliphatic heterocycles. The van der Waals surface area contributed by atoms with Gasteiger partial charge in [0.1, 0.15) is 0 Å². The molecule has 1 saturated carbocycles. The molecule has 0 saturated heterocycles. The van der Waals surface area contributed by atoms with Crippen molar-refractivity contribution in [3.63, 3.8) is 0 Å². The summed E-state index contributed by atoms with van der Waals surface area (Å²) in [5.41, 5.74) is 8.93. The molecule has 0 amide bonds. The van der Waals surface area contributed by atoms with E-state index in [1.54, 1.807) is 0 Å². The molecule has 0 atom stereocenters. The summed E-state index contributed by atoms with van der Waals surface area (Å²) in [5, 5.41) is 0.659. The lowest BCUT2D eigenvalue weighted by Gasteiger charge is -2.36. The van der Waals surface area contributed by atoms with E-state index >= 15 is 0 Å². The first-order valence-corrected chi connectivity index (χ1v) is 7.15. The average Bonchev–Trinajstić information content (AvgIpc) is 2.34. The number of nitrogens with zero attached hydrogens (tertiary/aromatic N) is 1. The van der Waals surface area contributed by atoms with E-state index in [1.165, 1.54) is 36.9 Å². The van der Waals surface area contributed by atoms with E-state index in [0.29, 0.717) is 16.8 Å². The second-order valence-electron chi connectivity index (χ2n) is 5.68. The Bertz CT molecular complexity index is 423. The summed E-state index contributed by atoms with van der Waals surface area (Å²) in [4.78, 5) is 2.38. The Kier molecular flexibility index (Phi) is 4.06. The first-order valence-electron chi connectivity index (χ1n) is 6.77. The SMILES string of the molecule is Cc1cc(N)c(Cl)cc1N(C)C1CCC(C)CC1. The monoisotopic (exact) mass is 266 g/mol. The molecule has 2 N–H and O–H groups in total. The third kappa shape index (κ3) is 2.74. The maximum Gasteiger partial charge on any atom is 0.0656 e. The van der Waals surface area contributed by atoms with Crippen molar-refractivity contribution < 1.29 is 0 Å². The van der Waals surface area contributed by atoms with Crippen LogP contribution < -0.4 is 10.6 Å². The largest absolute Gasteiger partial charge is 0.398 e. The van der Waals surface area contributed by atoms with Crippen molar-refractivity contribution in [2.75, 3.05) is 17.7 Å². The summed E-state index contributed by atoms with van der Waals surface area (Å²) in [6.45, 7) is 4.45. The van der Waals surface area contributed by atoms with E-state index in [2.05, 4.69) is 25.8 Å². The van der Waals surface area contributed by atoms with Gasteiger partial charge in [-0.1, -0.05) is 18.5 Å². The van der Waals surface area contributed by atoms with Gasteiger partial charge in [-0.25, -0.2) is 0 Å². The molecule has 18 heavy (non-hydrogen) atoms. The van der Waals surface area contributed by atoms with Gasteiger partial charge in [0.2, 0.25) is 0 Å². The van der Waals surface area contributed by atoms with Gasteiger partial charge in [-0.3, -0.25) is 0 Å². The number of anilines is 2. The van der Waals surface area contributed by atoms with Crippen LogP contribution in [0.25, 0.3) is 0 Å². The molecule has 2 nitrogen and oxygen atoms in total. The molecule has 1 aliphatic rings. The second-order valence-corrected chi connectivity index (χ2v) is 6.09. The zero-order valence-corrected chi connectivity index (χ0v) is 12.3. The van der Waals surface area contributed by atoms with Crippen molar-refractivity contribution in [3.05, 3.63) is 22.7 Å². The Morgan fingerprint density at radius 3 is 2.44 bits per heavy atom. The number of halogens is 1. The molecule has 0 radical (unpaired) electrons. The quantitative estimate of drug-likeness (QED) is 0.811. The number of nitrogen functional groups attached to an aromatic ring is 1. The number of nitrogens with two attached hydrogens (primary N) is 1. The van der Waals surface area contributed by atoms with E-state index in [0.717, 1.165) is 5.92 Å². The van der Waals surface area contributed by atoms with Gasteiger partial charge in [0.05, 0.1) is 10.7 Å². The summed E-state index contributed by atoms with van der Waals surface area (Å²) in [6, 6.07) is 4.61. The van der Waals surface area contributed by atoms with Crippen molar-refractivity contribution >= 4 is 23.0 Å². The molecule has 0 spiro atoms. The van der Waals surface area contributed by atoms with E-state index in [4.69, 9.17) is 17.3 Å². The van der Waals surface area contributed by atoms with Crippen LogP contribution in [0.5, 0.6) is 0 Å². The molecule has 1 aromatic rings. The lowest BCUT2D eigenvalue weighted by molar-refractivity contribution is 0.340. The number of hydrogen-bond acceptors (Lipinski definition) is 2. The minimum Gasteiger partial charge on any atom is -0.398 e. The van der Waals surface area contributed by atoms with E-state index in [9.17, 15) is 0 Å². The lowest BCUT2D eigenvalue weighted by atomic mass is 9.86. The van der Waals surface area contributed by atoms with E-state index in [-0.39, 0.29) is 0 Å². The van der Waals surface area contributed by atoms with Gasteiger partial charge < -0.3 is 10.6 Å². The van der Waals surface area contributed by atoms with Gasteiger partial charge in [-0.15, -0.1) is 0 Å². The lowest BCUT2D eigenvalue weighted by Crippen LogP contribution is -2.35. The molecule has 0 bridgehead atoms. The highest BCUT2D eigenvalue weighted by atomic mass is 35.5. The first-order chi connectivity index (χ1) is 8.49. The molecule has 0 aromatic heterocycles. The van der Waals surface area contributed by atoms with E-state index < -0.39 is 0 Å². The van der Waals surface area contributed by atoms with Crippen molar-refractivity contribution in [1.29, 1.82) is 0 Å². The summed E-state index contributed by atoms with van der Waals surface area (Å²) in [6.07, 6.45) is 5.21.